The third-order valence-electron chi connectivity index (χ3n) is 4.24. The molecule has 0 fully saturated rings. The van der Waals surface area contributed by atoms with Gasteiger partial charge in [0.2, 0.25) is 0 Å². The Balaban J connectivity index is 1.96. The molecule has 34 heavy (non-hydrogen) atoms. The zero-order chi connectivity index (χ0) is 24.9. The molecule has 3 aromatic carbocycles. The van der Waals surface area contributed by atoms with E-state index in [0.717, 1.165) is 48.5 Å². The Kier molecular flexibility index (Phi) is 6.51. The molecule has 3 aromatic rings. The fourth-order valence-electron chi connectivity index (χ4n) is 2.64. The lowest BCUT2D eigenvalue weighted by molar-refractivity contribution is 0.483. The molecule has 0 atom stereocenters. The van der Waals surface area contributed by atoms with Crippen molar-refractivity contribution in [1.82, 2.24) is 0 Å². The van der Waals surface area contributed by atoms with Gasteiger partial charge in [-0.25, -0.2) is 0 Å². The topological polar surface area (TPSA) is 182 Å². The first-order chi connectivity index (χ1) is 16.1. The number of benzene rings is 3. The molecule has 0 aromatic heterocycles. The summed E-state index contributed by atoms with van der Waals surface area (Å²) < 4.78 is 60.9. The van der Waals surface area contributed by atoms with Crippen LogP contribution >= 0.6 is 0 Å². The molecule has 0 N–H and O–H groups in total. The van der Waals surface area contributed by atoms with E-state index in [0.29, 0.717) is 0 Å². The Labute approximate surface area is 194 Å². The summed E-state index contributed by atoms with van der Waals surface area (Å²) in [6.07, 6.45) is 0. The summed E-state index contributed by atoms with van der Waals surface area (Å²) in [6.45, 7) is 0. The van der Waals surface area contributed by atoms with Crippen molar-refractivity contribution in [2.75, 3.05) is 0 Å². The van der Waals surface area contributed by atoms with Gasteiger partial charge in [-0.3, -0.25) is 0 Å². The first-order valence-electron chi connectivity index (χ1n) is 9.01. The minimum atomic E-state index is -4.59. The molecule has 0 amide bonds. The van der Waals surface area contributed by atoms with Crippen LogP contribution in [0, 0.1) is 45.3 Å². The zero-order valence-corrected chi connectivity index (χ0v) is 18.5. The maximum atomic E-state index is 12.7. The van der Waals surface area contributed by atoms with Crippen LogP contribution in [0.25, 0.3) is 0 Å². The molecule has 0 saturated heterocycles. The number of nitrogens with zero attached hydrogens (tertiary/aromatic N) is 4. The van der Waals surface area contributed by atoms with Crippen LogP contribution < -0.4 is 8.37 Å². The molecule has 0 aliphatic rings. The van der Waals surface area contributed by atoms with E-state index < -0.39 is 30.0 Å². The third-order valence-corrected chi connectivity index (χ3v) is 6.70. The van der Waals surface area contributed by atoms with Gasteiger partial charge >= 0.3 is 20.2 Å². The van der Waals surface area contributed by atoms with Gasteiger partial charge in [0.05, 0.1) is 34.4 Å². The van der Waals surface area contributed by atoms with Crippen molar-refractivity contribution in [1.29, 1.82) is 21.0 Å². The second kappa shape index (κ2) is 9.32. The Morgan fingerprint density at radius 3 is 1.32 bits per heavy atom. The molecule has 12 heteroatoms. The maximum absolute atomic E-state index is 12.7. The highest BCUT2D eigenvalue weighted by Crippen LogP contribution is 2.27. The van der Waals surface area contributed by atoms with Crippen LogP contribution in [0.1, 0.15) is 22.3 Å². The molecular weight excluding hydrogens is 480 g/mol. The van der Waals surface area contributed by atoms with Crippen molar-refractivity contribution < 1.29 is 25.2 Å². The smallest absolute Gasteiger partial charge is 0.339 e. The van der Waals surface area contributed by atoms with Crippen molar-refractivity contribution in [3.63, 3.8) is 0 Å². The first-order valence-corrected chi connectivity index (χ1v) is 11.8. The van der Waals surface area contributed by atoms with Gasteiger partial charge in [-0.15, -0.1) is 0 Å². The number of rotatable bonds is 6. The molecule has 0 saturated carbocycles. The molecule has 0 radical (unpaired) electrons. The quantitative estimate of drug-likeness (QED) is 0.466. The van der Waals surface area contributed by atoms with E-state index in [4.69, 9.17) is 18.9 Å². The number of hydrogen-bond donors (Lipinski definition) is 0. The molecule has 0 aliphatic carbocycles. The highest BCUT2D eigenvalue weighted by atomic mass is 32.2. The van der Waals surface area contributed by atoms with E-state index in [1.807, 2.05) is 12.1 Å². The van der Waals surface area contributed by atoms with E-state index in [1.54, 1.807) is 12.1 Å². The molecule has 0 unspecified atom stereocenters. The first kappa shape index (κ1) is 23.8. The Morgan fingerprint density at radius 1 is 0.559 bits per heavy atom. The Hall–Kier alpha value is -4.88. The van der Waals surface area contributed by atoms with Gasteiger partial charge in [0.25, 0.3) is 0 Å². The van der Waals surface area contributed by atoms with Crippen molar-refractivity contribution in [3.8, 4) is 35.8 Å². The van der Waals surface area contributed by atoms with Crippen LogP contribution in [0.5, 0.6) is 11.5 Å². The Bertz CT molecular complexity index is 1560. The van der Waals surface area contributed by atoms with E-state index in [9.17, 15) is 27.4 Å². The van der Waals surface area contributed by atoms with E-state index in [2.05, 4.69) is 0 Å². The Morgan fingerprint density at radius 2 is 0.971 bits per heavy atom. The zero-order valence-electron chi connectivity index (χ0n) is 16.8. The van der Waals surface area contributed by atoms with E-state index in [1.165, 1.54) is 12.1 Å². The molecule has 0 aliphatic heterocycles. The number of nitriles is 4. The molecule has 0 bridgehead atoms. The minimum Gasteiger partial charge on any atom is -0.378 e. The van der Waals surface area contributed by atoms with Crippen molar-refractivity contribution in [3.05, 3.63) is 82.9 Å². The summed E-state index contributed by atoms with van der Waals surface area (Å²) in [5.41, 5.74) is -0.184. The fraction of sp³-hybridized carbons (Fsp3) is 0. The lowest BCUT2D eigenvalue weighted by Crippen LogP contribution is -2.14. The molecule has 166 valence electrons. The van der Waals surface area contributed by atoms with Crippen LogP contribution in [0.15, 0.2) is 70.5 Å². The van der Waals surface area contributed by atoms with E-state index >= 15 is 0 Å². The van der Waals surface area contributed by atoms with Crippen LogP contribution in [-0.2, 0) is 20.2 Å². The average molecular weight is 490 g/mol. The van der Waals surface area contributed by atoms with Crippen LogP contribution in [0.3, 0.4) is 0 Å². The van der Waals surface area contributed by atoms with Crippen molar-refractivity contribution >= 4 is 20.2 Å². The van der Waals surface area contributed by atoms with Crippen LogP contribution in [0.2, 0.25) is 0 Å². The van der Waals surface area contributed by atoms with Gasteiger partial charge in [0, 0.05) is 0 Å². The summed E-state index contributed by atoms with van der Waals surface area (Å²) in [4.78, 5) is -1.10. The number of hydrogen-bond acceptors (Lipinski definition) is 10. The lowest BCUT2D eigenvalue weighted by Gasteiger charge is -2.11. The molecule has 0 spiro atoms. The summed E-state index contributed by atoms with van der Waals surface area (Å²) in [5.74, 6) is -0.690. The summed E-state index contributed by atoms with van der Waals surface area (Å²) in [7, 11) is -9.17. The van der Waals surface area contributed by atoms with Crippen LogP contribution in [-0.4, -0.2) is 16.8 Å². The maximum Gasteiger partial charge on any atom is 0.339 e. The monoisotopic (exact) mass is 490 g/mol. The predicted molar refractivity (Wildman–Crippen MR) is 114 cm³/mol. The second-order valence-corrected chi connectivity index (χ2v) is 9.51. The second-order valence-electron chi connectivity index (χ2n) is 6.42. The molecular formula is C22H10N4O6S2. The molecule has 0 heterocycles. The summed E-state index contributed by atoms with van der Waals surface area (Å²) in [5, 5.41) is 36.2. The largest absolute Gasteiger partial charge is 0.378 e. The minimum absolute atomic E-state index is 0.117. The highest BCUT2D eigenvalue weighted by Gasteiger charge is 2.24. The molecule has 3 rings (SSSR count). The van der Waals surface area contributed by atoms with Gasteiger partial charge in [-0.1, -0.05) is 6.07 Å². The summed E-state index contributed by atoms with van der Waals surface area (Å²) in [6, 6.07) is 18.2. The fourth-order valence-corrected chi connectivity index (χ4v) is 4.70. The van der Waals surface area contributed by atoms with Gasteiger partial charge in [-0.2, -0.15) is 37.9 Å². The van der Waals surface area contributed by atoms with E-state index in [-0.39, 0.29) is 33.8 Å². The predicted octanol–water partition coefficient (Wildman–Crippen LogP) is 2.71. The average Bonchev–Trinajstić information content (AvgIpc) is 2.84. The highest BCUT2D eigenvalue weighted by molar-refractivity contribution is 7.88. The van der Waals surface area contributed by atoms with Gasteiger partial charge in [0.1, 0.15) is 21.9 Å². The van der Waals surface area contributed by atoms with Crippen molar-refractivity contribution in [2.24, 2.45) is 0 Å². The van der Waals surface area contributed by atoms with Gasteiger partial charge in [0.15, 0.2) is 11.5 Å². The van der Waals surface area contributed by atoms with Crippen LogP contribution in [0.4, 0.5) is 0 Å². The lowest BCUT2D eigenvalue weighted by atomic mass is 10.1. The van der Waals surface area contributed by atoms with Crippen molar-refractivity contribution in [2.45, 2.75) is 9.79 Å². The van der Waals surface area contributed by atoms with Gasteiger partial charge in [-0.05, 0) is 54.6 Å². The van der Waals surface area contributed by atoms with Gasteiger partial charge < -0.3 is 8.37 Å². The SMILES string of the molecule is N#Cc1ccc(OS(=O)(=O)c2cccc(S(=O)(=O)Oc3ccc(C#N)cc3C#N)c2)c(C#N)c1. The standard InChI is InChI=1S/C22H10N4O6S2/c23-11-15-4-6-21(17(8-15)13-25)31-33(27,28)19-2-1-3-20(10-19)34(29,30)32-22-7-5-16(12-24)9-18(22)14-26/h1-10H. The molecule has 10 nitrogen and oxygen atoms in total. The normalized spacial score (nSPS) is 10.7. The summed E-state index contributed by atoms with van der Waals surface area (Å²) >= 11 is 0. The third kappa shape index (κ3) is 4.95.